The minimum atomic E-state index is -1.00. The zero-order chi connectivity index (χ0) is 24.7. The van der Waals surface area contributed by atoms with Crippen LogP contribution in [0.2, 0.25) is 5.02 Å². The van der Waals surface area contributed by atoms with Gasteiger partial charge in [0.25, 0.3) is 11.8 Å². The Hall–Kier alpha value is -3.75. The van der Waals surface area contributed by atoms with Gasteiger partial charge >= 0.3 is 5.97 Å². The van der Waals surface area contributed by atoms with Crippen molar-refractivity contribution in [3.05, 3.63) is 87.2 Å². The molecular weight excluding hydrogens is 474 g/mol. The Morgan fingerprint density at radius 2 is 1.68 bits per heavy atom. The van der Waals surface area contributed by atoms with Gasteiger partial charge < -0.3 is 9.67 Å². The van der Waals surface area contributed by atoms with Crippen molar-refractivity contribution < 1.29 is 19.5 Å². The number of anilines is 1. The van der Waals surface area contributed by atoms with Crippen LogP contribution in [-0.4, -0.2) is 32.6 Å². The highest BCUT2D eigenvalue weighted by atomic mass is 35.5. The van der Waals surface area contributed by atoms with E-state index in [1.807, 2.05) is 31.4 Å². The third-order valence-electron chi connectivity index (χ3n) is 5.66. The highest BCUT2D eigenvalue weighted by Crippen LogP contribution is 2.28. The highest BCUT2D eigenvalue weighted by molar-refractivity contribution is 7.80. The van der Waals surface area contributed by atoms with Crippen molar-refractivity contribution in [2.45, 2.75) is 20.8 Å². The summed E-state index contributed by atoms with van der Waals surface area (Å²) in [6.45, 7) is 5.59. The lowest BCUT2D eigenvalue weighted by atomic mass is 10.1. The molecule has 1 aliphatic rings. The summed E-state index contributed by atoms with van der Waals surface area (Å²) in [5.41, 5.74) is 4.51. The zero-order valence-corrected chi connectivity index (χ0v) is 20.1. The fourth-order valence-electron chi connectivity index (χ4n) is 3.85. The first-order chi connectivity index (χ1) is 16.1. The van der Waals surface area contributed by atoms with Crippen LogP contribution in [0.5, 0.6) is 0 Å². The summed E-state index contributed by atoms with van der Waals surface area (Å²) in [5.74, 6) is -2.14. The van der Waals surface area contributed by atoms with Gasteiger partial charge in [-0.2, -0.15) is 0 Å². The number of amides is 2. The third-order valence-corrected chi connectivity index (χ3v) is 6.35. The first kappa shape index (κ1) is 23.4. The molecule has 1 fully saturated rings. The van der Waals surface area contributed by atoms with E-state index in [1.165, 1.54) is 23.1 Å². The van der Waals surface area contributed by atoms with E-state index in [0.29, 0.717) is 16.3 Å². The van der Waals surface area contributed by atoms with Crippen LogP contribution >= 0.6 is 23.8 Å². The van der Waals surface area contributed by atoms with Crippen molar-refractivity contribution in [1.29, 1.82) is 0 Å². The number of nitrogens with zero attached hydrogens (tertiary/aromatic N) is 2. The number of aromatic nitrogens is 1. The van der Waals surface area contributed by atoms with Crippen LogP contribution in [0.3, 0.4) is 0 Å². The zero-order valence-electron chi connectivity index (χ0n) is 18.5. The molecule has 2 N–H and O–H groups in total. The molecule has 2 amide bonds. The topological polar surface area (TPSA) is 91.6 Å². The maximum absolute atomic E-state index is 13.3. The molecule has 1 aromatic heterocycles. The van der Waals surface area contributed by atoms with Gasteiger partial charge in [-0.1, -0.05) is 17.7 Å². The summed E-state index contributed by atoms with van der Waals surface area (Å²) in [7, 11) is 0. The molecule has 0 bridgehead atoms. The van der Waals surface area contributed by atoms with Crippen LogP contribution in [0.4, 0.5) is 5.69 Å². The fourth-order valence-corrected chi connectivity index (χ4v) is 4.31. The van der Waals surface area contributed by atoms with Crippen molar-refractivity contribution in [2.24, 2.45) is 0 Å². The summed E-state index contributed by atoms with van der Waals surface area (Å²) >= 11 is 11.5. The van der Waals surface area contributed by atoms with E-state index in [9.17, 15) is 14.4 Å². The van der Waals surface area contributed by atoms with Crippen molar-refractivity contribution in [3.8, 4) is 5.69 Å². The van der Waals surface area contributed by atoms with Gasteiger partial charge in [-0.25, -0.2) is 4.79 Å². The Morgan fingerprint density at radius 1 is 1.03 bits per heavy atom. The predicted molar refractivity (Wildman–Crippen MR) is 135 cm³/mol. The number of aryl methyl sites for hydroxylation is 2. The number of hydrogen-bond donors (Lipinski definition) is 2. The van der Waals surface area contributed by atoms with E-state index in [2.05, 4.69) is 5.32 Å². The first-order valence-electron chi connectivity index (χ1n) is 10.3. The molecule has 9 heteroatoms. The molecular formula is C25H20ClN3O4S. The Kier molecular flexibility index (Phi) is 6.12. The van der Waals surface area contributed by atoms with E-state index in [1.54, 1.807) is 30.3 Å². The van der Waals surface area contributed by atoms with E-state index in [-0.39, 0.29) is 16.2 Å². The van der Waals surface area contributed by atoms with Gasteiger partial charge in [0.1, 0.15) is 5.57 Å². The number of nitrogens with one attached hydrogen (secondary N) is 1. The van der Waals surface area contributed by atoms with Gasteiger partial charge in [-0.3, -0.25) is 19.8 Å². The summed E-state index contributed by atoms with van der Waals surface area (Å²) < 4.78 is 1.92. The number of benzene rings is 2. The minimum absolute atomic E-state index is 0.0175. The number of carbonyl (C=O) groups excluding carboxylic acids is 2. The minimum Gasteiger partial charge on any atom is -0.478 e. The monoisotopic (exact) mass is 493 g/mol. The van der Waals surface area contributed by atoms with Gasteiger partial charge in [-0.15, -0.1) is 0 Å². The number of carbonyl (C=O) groups is 3. The van der Waals surface area contributed by atoms with Gasteiger partial charge in [0.15, 0.2) is 5.11 Å². The lowest BCUT2D eigenvalue weighted by molar-refractivity contribution is -0.122. The lowest BCUT2D eigenvalue weighted by Gasteiger charge is -2.29. The highest BCUT2D eigenvalue weighted by Gasteiger charge is 2.35. The molecule has 0 saturated carbocycles. The smallest absolute Gasteiger partial charge is 0.335 e. The molecule has 0 unspecified atom stereocenters. The molecule has 4 rings (SSSR count). The molecule has 2 aromatic carbocycles. The second-order valence-corrected chi connectivity index (χ2v) is 8.70. The van der Waals surface area contributed by atoms with Gasteiger partial charge in [0.2, 0.25) is 0 Å². The molecule has 34 heavy (non-hydrogen) atoms. The normalized spacial score (nSPS) is 15.1. The van der Waals surface area contributed by atoms with Crippen LogP contribution in [0.25, 0.3) is 11.8 Å². The molecule has 0 aliphatic carbocycles. The molecule has 0 radical (unpaired) electrons. The number of halogens is 1. The van der Waals surface area contributed by atoms with Crippen LogP contribution in [0, 0.1) is 20.8 Å². The second-order valence-electron chi connectivity index (χ2n) is 7.91. The summed E-state index contributed by atoms with van der Waals surface area (Å²) in [6.07, 6.45) is 1.53. The van der Waals surface area contributed by atoms with Crippen molar-refractivity contribution in [2.75, 3.05) is 4.90 Å². The summed E-state index contributed by atoms with van der Waals surface area (Å²) in [6, 6.07) is 13.4. The molecule has 1 aliphatic heterocycles. The fraction of sp³-hybridized carbons (Fsp3) is 0.120. The Balaban J connectivity index is 1.74. The molecule has 1 saturated heterocycles. The van der Waals surface area contributed by atoms with Crippen molar-refractivity contribution in [1.82, 2.24) is 9.88 Å². The van der Waals surface area contributed by atoms with Crippen LogP contribution in [-0.2, 0) is 9.59 Å². The number of aromatic carboxylic acids is 1. The van der Waals surface area contributed by atoms with E-state index in [0.717, 1.165) is 22.6 Å². The molecule has 0 spiro atoms. The quantitative estimate of drug-likeness (QED) is 0.315. The second kappa shape index (κ2) is 8.89. The molecule has 7 nitrogen and oxygen atoms in total. The van der Waals surface area contributed by atoms with Gasteiger partial charge in [0, 0.05) is 22.1 Å². The van der Waals surface area contributed by atoms with Crippen LogP contribution in [0.15, 0.2) is 54.1 Å². The lowest BCUT2D eigenvalue weighted by Crippen LogP contribution is -2.54. The maximum Gasteiger partial charge on any atom is 0.335 e. The number of rotatable bonds is 4. The predicted octanol–water partition coefficient (Wildman–Crippen LogP) is 4.59. The third kappa shape index (κ3) is 4.13. The summed E-state index contributed by atoms with van der Waals surface area (Å²) in [5, 5.41) is 12.2. The molecule has 172 valence electrons. The van der Waals surface area contributed by atoms with E-state index >= 15 is 0 Å². The van der Waals surface area contributed by atoms with Crippen molar-refractivity contribution in [3.63, 3.8) is 0 Å². The Bertz CT molecular complexity index is 1410. The number of thiocarbonyl (C=S) groups is 1. The SMILES string of the molecule is Cc1ccc(N2C(=O)/C(=C/c3cc(C)n(-c4ccc(C(=O)O)cc4)c3C)C(=O)NC2=S)cc1Cl. The maximum atomic E-state index is 13.3. The number of carboxylic acid groups (broad SMARTS) is 1. The van der Waals surface area contributed by atoms with E-state index in [4.69, 9.17) is 28.9 Å². The average molecular weight is 494 g/mol. The molecule has 3 aromatic rings. The number of carboxylic acids is 1. The van der Waals surface area contributed by atoms with Gasteiger partial charge in [0.05, 0.1) is 11.3 Å². The van der Waals surface area contributed by atoms with Crippen molar-refractivity contribution >= 4 is 58.5 Å². The van der Waals surface area contributed by atoms with Crippen LogP contribution < -0.4 is 10.2 Å². The Labute approximate surface area is 206 Å². The van der Waals surface area contributed by atoms with Gasteiger partial charge in [-0.05, 0) is 92.7 Å². The van der Waals surface area contributed by atoms with E-state index < -0.39 is 17.8 Å². The standard InChI is InChI=1S/C25H20ClN3O4S/c1-13-4-7-19(12-21(13)26)29-23(31)20(22(30)27-25(29)34)11-17-10-14(2)28(15(17)3)18-8-5-16(6-9-18)24(32)33/h4-12H,1-3H3,(H,32,33)(H,27,30,34)/b20-11+. The first-order valence-corrected chi connectivity index (χ1v) is 11.1. The van der Waals surface area contributed by atoms with Crippen LogP contribution in [0.1, 0.15) is 32.9 Å². The largest absolute Gasteiger partial charge is 0.478 e. The Morgan fingerprint density at radius 3 is 2.29 bits per heavy atom. The average Bonchev–Trinajstić information content (AvgIpc) is 3.06. The number of hydrogen-bond acceptors (Lipinski definition) is 4. The molecule has 0 atom stereocenters. The molecule has 2 heterocycles. The summed E-state index contributed by atoms with van der Waals surface area (Å²) in [4.78, 5) is 38.4.